The van der Waals surface area contributed by atoms with Gasteiger partial charge in [0.2, 0.25) is 0 Å². The molecule has 1 nitrogen and oxygen atoms in total. The maximum Gasteiger partial charge on any atom is 0.0725 e. The Hall–Kier alpha value is -8.52. The van der Waals surface area contributed by atoms with Crippen molar-refractivity contribution in [1.29, 1.82) is 0 Å². The zero-order chi connectivity index (χ0) is 43.6. The molecule has 0 fully saturated rings. The van der Waals surface area contributed by atoms with Crippen molar-refractivity contribution in [3.05, 3.63) is 283 Å². The zero-order valence-electron chi connectivity index (χ0n) is 36.3. The number of rotatable bonds is 7. The van der Waals surface area contributed by atoms with Crippen LogP contribution < -0.4 is 4.90 Å². The summed E-state index contributed by atoms with van der Waals surface area (Å²) in [4.78, 5) is 2.46. The summed E-state index contributed by atoms with van der Waals surface area (Å²) in [7, 11) is 0. The molecule has 308 valence electrons. The van der Waals surface area contributed by atoms with E-state index in [1.807, 2.05) is 0 Å². The van der Waals surface area contributed by atoms with Gasteiger partial charge in [-0.3, -0.25) is 0 Å². The molecular weight excluding hydrogens is 795 g/mol. The Morgan fingerprint density at radius 3 is 1.36 bits per heavy atom. The molecule has 0 radical (unpaired) electrons. The van der Waals surface area contributed by atoms with Crippen molar-refractivity contribution < 1.29 is 0 Å². The first-order chi connectivity index (χ1) is 32.8. The Morgan fingerprint density at radius 2 is 0.697 bits per heavy atom. The molecule has 11 aromatic rings. The van der Waals surface area contributed by atoms with Gasteiger partial charge < -0.3 is 4.90 Å². The Morgan fingerprint density at radius 1 is 0.258 bits per heavy atom. The molecule has 0 atom stereocenters. The number of hydrogen-bond donors (Lipinski definition) is 0. The molecule has 2 aliphatic carbocycles. The minimum atomic E-state index is -0.448. The van der Waals surface area contributed by atoms with E-state index < -0.39 is 5.41 Å². The Balaban J connectivity index is 1.06. The maximum absolute atomic E-state index is 2.46. The molecule has 0 bridgehead atoms. The van der Waals surface area contributed by atoms with Crippen molar-refractivity contribution in [3.8, 4) is 66.8 Å². The van der Waals surface area contributed by atoms with Gasteiger partial charge in [-0.15, -0.1) is 0 Å². The fourth-order valence-electron chi connectivity index (χ4n) is 11.3. The summed E-state index contributed by atoms with van der Waals surface area (Å²) in [6.07, 6.45) is 0. The monoisotopic (exact) mass is 837 g/mol. The van der Waals surface area contributed by atoms with Gasteiger partial charge >= 0.3 is 0 Å². The van der Waals surface area contributed by atoms with Gasteiger partial charge in [-0.05, 0) is 131 Å². The van der Waals surface area contributed by atoms with E-state index in [1.54, 1.807) is 0 Å². The predicted molar refractivity (Wildman–Crippen MR) is 277 cm³/mol. The van der Waals surface area contributed by atoms with E-state index in [0.717, 1.165) is 17.1 Å². The third kappa shape index (κ3) is 5.80. The van der Waals surface area contributed by atoms with Crippen LogP contribution in [0, 0.1) is 0 Å². The minimum absolute atomic E-state index is 0.448. The van der Waals surface area contributed by atoms with Crippen LogP contribution in [-0.4, -0.2) is 0 Å². The lowest BCUT2D eigenvalue weighted by atomic mass is 9.70. The quantitative estimate of drug-likeness (QED) is 0.155. The molecule has 11 aromatic carbocycles. The molecule has 2 aliphatic rings. The Bertz CT molecular complexity index is 3570. The van der Waals surface area contributed by atoms with Gasteiger partial charge in [-0.25, -0.2) is 0 Å². The molecule has 0 aliphatic heterocycles. The number of hydrogen-bond acceptors (Lipinski definition) is 1. The highest BCUT2D eigenvalue weighted by Gasteiger charge is 2.52. The highest BCUT2D eigenvalue weighted by Crippen LogP contribution is 2.64. The number of nitrogens with zero attached hydrogens (tertiary/aromatic N) is 1. The van der Waals surface area contributed by atoms with Crippen molar-refractivity contribution in [1.82, 2.24) is 0 Å². The molecule has 0 heterocycles. The van der Waals surface area contributed by atoms with E-state index in [-0.39, 0.29) is 0 Å². The van der Waals surface area contributed by atoms with Gasteiger partial charge in [0.1, 0.15) is 0 Å². The number of anilines is 3. The van der Waals surface area contributed by atoms with Crippen LogP contribution in [0.15, 0.2) is 261 Å². The molecule has 0 unspecified atom stereocenters. The minimum Gasteiger partial charge on any atom is -0.310 e. The largest absolute Gasteiger partial charge is 0.310 e. The molecule has 1 spiro atoms. The van der Waals surface area contributed by atoms with Crippen LogP contribution >= 0.6 is 0 Å². The van der Waals surface area contributed by atoms with Crippen molar-refractivity contribution in [3.63, 3.8) is 0 Å². The third-order valence-electron chi connectivity index (χ3n) is 14.1. The van der Waals surface area contributed by atoms with Crippen LogP contribution in [-0.2, 0) is 5.41 Å². The van der Waals surface area contributed by atoms with E-state index in [2.05, 4.69) is 266 Å². The van der Waals surface area contributed by atoms with E-state index in [4.69, 9.17) is 0 Å². The van der Waals surface area contributed by atoms with Gasteiger partial charge in [0.05, 0.1) is 11.1 Å². The number of fused-ring (bicyclic) bond motifs is 11. The van der Waals surface area contributed by atoms with Crippen LogP contribution in [0.5, 0.6) is 0 Å². The fourth-order valence-corrected chi connectivity index (χ4v) is 11.3. The summed E-state index contributed by atoms with van der Waals surface area (Å²) in [6, 6.07) is 96.4. The fraction of sp³-hybridized carbons (Fsp3) is 0.0154. The Kier molecular flexibility index (Phi) is 8.82. The van der Waals surface area contributed by atoms with E-state index in [9.17, 15) is 0 Å². The molecule has 13 rings (SSSR count). The van der Waals surface area contributed by atoms with E-state index in [0.29, 0.717) is 0 Å². The average molecular weight is 838 g/mol. The van der Waals surface area contributed by atoms with E-state index >= 15 is 0 Å². The second-order valence-electron chi connectivity index (χ2n) is 17.5. The second-order valence-corrected chi connectivity index (χ2v) is 17.5. The lowest BCUT2D eigenvalue weighted by molar-refractivity contribution is 0.794. The normalized spacial score (nSPS) is 12.7. The molecular formula is C65H43N. The molecule has 0 aromatic heterocycles. The predicted octanol–water partition coefficient (Wildman–Crippen LogP) is 17.3. The molecule has 66 heavy (non-hydrogen) atoms. The summed E-state index contributed by atoms with van der Waals surface area (Å²) in [5.74, 6) is 0. The molecule has 0 N–H and O–H groups in total. The maximum atomic E-state index is 2.46. The standard InChI is InChI=1S/C65H43N/c1-3-17-44(18-4-1)46-33-38-50(39-34-46)66(51-40-35-48(36-41-51)53-27-15-22-47-21-7-8-23-52(47)53)63-42-37-49(45-19-5-2-6-20-45)43-58(63)56-28-16-32-62-64(56)57-26-11-14-31-61(57)65(62)59-29-12-9-24-54(59)55-25-10-13-30-60(55)65/h1-43H. The van der Waals surface area contributed by atoms with Crippen molar-refractivity contribution in [2.75, 3.05) is 4.90 Å². The van der Waals surface area contributed by atoms with Crippen LogP contribution in [0.25, 0.3) is 77.5 Å². The van der Waals surface area contributed by atoms with Gasteiger partial charge in [0.15, 0.2) is 0 Å². The van der Waals surface area contributed by atoms with Crippen LogP contribution in [0.4, 0.5) is 17.1 Å². The van der Waals surface area contributed by atoms with Crippen molar-refractivity contribution >= 4 is 27.8 Å². The number of benzene rings is 11. The second kappa shape index (κ2) is 15.3. The first-order valence-electron chi connectivity index (χ1n) is 22.9. The lowest BCUT2D eigenvalue weighted by Crippen LogP contribution is -2.25. The van der Waals surface area contributed by atoms with Gasteiger partial charge in [0.25, 0.3) is 0 Å². The van der Waals surface area contributed by atoms with Gasteiger partial charge in [-0.2, -0.15) is 0 Å². The van der Waals surface area contributed by atoms with E-state index in [1.165, 1.54) is 99.8 Å². The summed E-state index contributed by atoms with van der Waals surface area (Å²) in [6.45, 7) is 0. The lowest BCUT2D eigenvalue weighted by Gasteiger charge is -2.31. The van der Waals surface area contributed by atoms with Gasteiger partial charge in [-0.1, -0.05) is 224 Å². The first-order valence-corrected chi connectivity index (χ1v) is 22.9. The van der Waals surface area contributed by atoms with Crippen molar-refractivity contribution in [2.45, 2.75) is 5.41 Å². The topological polar surface area (TPSA) is 3.24 Å². The zero-order valence-corrected chi connectivity index (χ0v) is 36.3. The summed E-state index contributed by atoms with van der Waals surface area (Å²) >= 11 is 0. The molecule has 0 saturated heterocycles. The van der Waals surface area contributed by atoms with Crippen molar-refractivity contribution in [2.24, 2.45) is 0 Å². The SMILES string of the molecule is c1ccc(-c2ccc(N(c3ccc(-c4cccc5ccccc45)cc3)c3ccc(-c4ccccc4)cc3-c3cccc4c3-c3ccccc3C43c4ccccc4-c4ccccc43)cc2)cc1. The Labute approximate surface area is 386 Å². The highest BCUT2D eigenvalue weighted by molar-refractivity contribution is 6.04. The molecule has 0 saturated carbocycles. The first kappa shape index (κ1) is 38.0. The van der Waals surface area contributed by atoms with Crippen LogP contribution in [0.2, 0.25) is 0 Å². The van der Waals surface area contributed by atoms with Gasteiger partial charge in [0, 0.05) is 16.9 Å². The summed E-state index contributed by atoms with van der Waals surface area (Å²) in [5, 5.41) is 2.49. The summed E-state index contributed by atoms with van der Waals surface area (Å²) in [5.41, 5.74) is 22.9. The molecule has 1 heteroatoms. The molecule has 0 amide bonds. The highest BCUT2D eigenvalue weighted by atomic mass is 15.1. The average Bonchev–Trinajstić information content (AvgIpc) is 3.87. The van der Waals surface area contributed by atoms with Crippen LogP contribution in [0.3, 0.4) is 0 Å². The smallest absolute Gasteiger partial charge is 0.0725 e. The van der Waals surface area contributed by atoms with Crippen LogP contribution in [0.1, 0.15) is 22.3 Å². The third-order valence-corrected chi connectivity index (χ3v) is 14.1. The summed E-state index contributed by atoms with van der Waals surface area (Å²) < 4.78 is 0.